The molecule has 13 heavy (non-hydrogen) atoms. The molecule has 0 aromatic carbocycles. The molecule has 76 valence electrons. The van der Waals surface area contributed by atoms with Gasteiger partial charge in [-0.3, -0.25) is 4.90 Å². The van der Waals surface area contributed by atoms with Gasteiger partial charge in [0.2, 0.25) is 0 Å². The number of hydrogen-bond donors (Lipinski definition) is 0. The number of allylic oxidation sites excluding steroid dienone is 1. The fourth-order valence-electron chi connectivity index (χ4n) is 1.76. The molecule has 1 unspecified atom stereocenters. The third-order valence-electron chi connectivity index (χ3n) is 2.68. The van der Waals surface area contributed by atoms with Crippen molar-refractivity contribution in [1.82, 2.24) is 4.90 Å². The van der Waals surface area contributed by atoms with Gasteiger partial charge in [-0.05, 0) is 32.7 Å². The van der Waals surface area contributed by atoms with Crippen LogP contribution in [0, 0.1) is 0 Å². The van der Waals surface area contributed by atoms with E-state index in [4.69, 9.17) is 4.74 Å². The summed E-state index contributed by atoms with van der Waals surface area (Å²) in [6.45, 7) is 3.78. The Hall–Kier alpha value is -0.340. The van der Waals surface area contributed by atoms with E-state index in [-0.39, 0.29) is 0 Å². The van der Waals surface area contributed by atoms with Gasteiger partial charge in [0.25, 0.3) is 0 Å². The van der Waals surface area contributed by atoms with Gasteiger partial charge in [0.15, 0.2) is 0 Å². The summed E-state index contributed by atoms with van der Waals surface area (Å²) >= 11 is 0. The van der Waals surface area contributed by atoms with Crippen molar-refractivity contribution in [2.45, 2.75) is 38.6 Å². The number of ether oxygens (including phenoxy) is 1. The van der Waals surface area contributed by atoms with Crippen molar-refractivity contribution >= 4 is 0 Å². The minimum absolute atomic E-state index is 0.700. The topological polar surface area (TPSA) is 12.5 Å². The quantitative estimate of drug-likeness (QED) is 0.579. The monoisotopic (exact) mass is 183 g/mol. The van der Waals surface area contributed by atoms with Gasteiger partial charge in [0.05, 0.1) is 13.3 Å². The van der Waals surface area contributed by atoms with Crippen LogP contribution in [0.3, 0.4) is 0 Å². The molecule has 1 atom stereocenters. The second kappa shape index (κ2) is 6.17. The molecule has 1 aliphatic rings. The van der Waals surface area contributed by atoms with Crippen molar-refractivity contribution in [1.29, 1.82) is 0 Å². The fourth-order valence-corrected chi connectivity index (χ4v) is 1.76. The van der Waals surface area contributed by atoms with Crippen LogP contribution >= 0.6 is 0 Å². The smallest absolute Gasteiger partial charge is 0.0994 e. The molecule has 0 N–H and O–H groups in total. The first-order valence-corrected chi connectivity index (χ1v) is 5.27. The van der Waals surface area contributed by atoms with Crippen molar-refractivity contribution in [2.75, 3.05) is 20.4 Å². The van der Waals surface area contributed by atoms with E-state index in [0.717, 1.165) is 13.3 Å². The zero-order chi connectivity index (χ0) is 9.52. The van der Waals surface area contributed by atoms with Crippen LogP contribution in [0.2, 0.25) is 0 Å². The highest BCUT2D eigenvalue weighted by molar-refractivity contribution is 4.82. The largest absolute Gasteiger partial charge is 0.362 e. The number of nitrogens with zero attached hydrogens (tertiary/aromatic N) is 1. The Morgan fingerprint density at radius 1 is 1.46 bits per heavy atom. The van der Waals surface area contributed by atoms with Gasteiger partial charge in [-0.2, -0.15) is 0 Å². The predicted octanol–water partition coefficient (Wildman–Crippen LogP) is 2.41. The third-order valence-corrected chi connectivity index (χ3v) is 2.68. The molecule has 0 aromatic rings. The first-order valence-electron chi connectivity index (χ1n) is 5.27. The first kappa shape index (κ1) is 10.7. The molecule has 0 amide bonds. The van der Waals surface area contributed by atoms with Crippen LogP contribution in [-0.2, 0) is 4.74 Å². The summed E-state index contributed by atoms with van der Waals surface area (Å²) in [6, 6.07) is 0.700. The van der Waals surface area contributed by atoms with Crippen LogP contribution in [-0.4, -0.2) is 31.3 Å². The van der Waals surface area contributed by atoms with Crippen LogP contribution in [0.4, 0.5) is 0 Å². The molecular weight excluding hydrogens is 162 g/mol. The average molecular weight is 183 g/mol. The van der Waals surface area contributed by atoms with E-state index in [9.17, 15) is 0 Å². The highest BCUT2D eigenvalue weighted by Crippen LogP contribution is 2.12. The third kappa shape index (κ3) is 3.92. The van der Waals surface area contributed by atoms with Crippen LogP contribution < -0.4 is 0 Å². The Morgan fingerprint density at radius 3 is 3.08 bits per heavy atom. The summed E-state index contributed by atoms with van der Waals surface area (Å²) in [5, 5.41) is 0. The molecule has 0 bridgehead atoms. The van der Waals surface area contributed by atoms with Gasteiger partial charge in [-0.25, -0.2) is 0 Å². The molecule has 0 aliphatic carbocycles. The molecular formula is C11H21NO. The van der Waals surface area contributed by atoms with Gasteiger partial charge in [-0.15, -0.1) is 0 Å². The lowest BCUT2D eigenvalue weighted by molar-refractivity contribution is 0.0298. The molecule has 0 aromatic heterocycles. The van der Waals surface area contributed by atoms with E-state index in [1.165, 1.54) is 25.7 Å². The molecule has 0 spiro atoms. The predicted molar refractivity (Wildman–Crippen MR) is 55.7 cm³/mol. The zero-order valence-corrected chi connectivity index (χ0v) is 8.83. The Labute approximate surface area is 81.6 Å². The van der Waals surface area contributed by atoms with E-state index in [1.807, 2.05) is 0 Å². The van der Waals surface area contributed by atoms with Crippen LogP contribution in [0.1, 0.15) is 32.6 Å². The van der Waals surface area contributed by atoms with Crippen LogP contribution in [0.5, 0.6) is 0 Å². The van der Waals surface area contributed by atoms with Gasteiger partial charge in [-0.1, -0.05) is 19.1 Å². The minimum Gasteiger partial charge on any atom is -0.362 e. The van der Waals surface area contributed by atoms with E-state index in [2.05, 4.69) is 31.0 Å². The second-order valence-corrected chi connectivity index (χ2v) is 3.72. The van der Waals surface area contributed by atoms with E-state index < -0.39 is 0 Å². The van der Waals surface area contributed by atoms with E-state index in [1.54, 1.807) is 0 Å². The Balaban J connectivity index is 2.41. The van der Waals surface area contributed by atoms with Crippen LogP contribution in [0.15, 0.2) is 12.2 Å². The lowest BCUT2D eigenvalue weighted by Crippen LogP contribution is -2.33. The maximum Gasteiger partial charge on any atom is 0.0994 e. The number of hydrogen-bond acceptors (Lipinski definition) is 2. The van der Waals surface area contributed by atoms with Gasteiger partial charge < -0.3 is 4.74 Å². The van der Waals surface area contributed by atoms with Crippen LogP contribution in [0.25, 0.3) is 0 Å². The SMILES string of the molecule is CCC1CCC/C=C\COCN1C. The highest BCUT2D eigenvalue weighted by Gasteiger charge is 2.11. The van der Waals surface area contributed by atoms with Gasteiger partial charge in [0, 0.05) is 6.04 Å². The molecule has 1 aliphatic heterocycles. The summed E-state index contributed by atoms with van der Waals surface area (Å²) in [5.74, 6) is 0. The van der Waals surface area contributed by atoms with Crippen molar-refractivity contribution in [2.24, 2.45) is 0 Å². The lowest BCUT2D eigenvalue weighted by Gasteiger charge is -2.27. The minimum atomic E-state index is 0.700. The second-order valence-electron chi connectivity index (χ2n) is 3.72. The normalized spacial score (nSPS) is 29.8. The maximum atomic E-state index is 5.49. The molecule has 1 rings (SSSR count). The van der Waals surface area contributed by atoms with E-state index in [0.29, 0.717) is 6.04 Å². The zero-order valence-electron chi connectivity index (χ0n) is 8.83. The summed E-state index contributed by atoms with van der Waals surface area (Å²) in [4.78, 5) is 2.32. The lowest BCUT2D eigenvalue weighted by atomic mass is 10.1. The Morgan fingerprint density at radius 2 is 2.31 bits per heavy atom. The van der Waals surface area contributed by atoms with Gasteiger partial charge in [0.1, 0.15) is 0 Å². The molecule has 2 heteroatoms. The standard InChI is InChI=1S/C11H21NO/c1-3-11-8-6-4-5-7-9-13-10-12(11)2/h5,7,11H,3-4,6,8-10H2,1-2H3/b7-5-. The molecule has 0 fully saturated rings. The maximum absolute atomic E-state index is 5.49. The molecule has 2 nitrogen and oxygen atoms in total. The van der Waals surface area contributed by atoms with Crippen molar-refractivity contribution in [3.8, 4) is 0 Å². The molecule has 1 heterocycles. The summed E-state index contributed by atoms with van der Waals surface area (Å²) in [5.41, 5.74) is 0. The van der Waals surface area contributed by atoms with Crippen molar-refractivity contribution < 1.29 is 4.74 Å². The van der Waals surface area contributed by atoms with Crippen molar-refractivity contribution in [3.05, 3.63) is 12.2 Å². The molecule has 0 saturated heterocycles. The highest BCUT2D eigenvalue weighted by atomic mass is 16.5. The van der Waals surface area contributed by atoms with Gasteiger partial charge >= 0.3 is 0 Å². The summed E-state index contributed by atoms with van der Waals surface area (Å²) in [6.07, 6.45) is 9.38. The Bertz CT molecular complexity index is 156. The summed E-state index contributed by atoms with van der Waals surface area (Å²) in [7, 11) is 2.15. The molecule has 0 saturated carbocycles. The first-order chi connectivity index (χ1) is 6.34. The Kier molecular flexibility index (Phi) is 5.09. The fraction of sp³-hybridized carbons (Fsp3) is 0.818. The summed E-state index contributed by atoms with van der Waals surface area (Å²) < 4.78 is 5.49. The van der Waals surface area contributed by atoms with E-state index >= 15 is 0 Å². The molecule has 0 radical (unpaired) electrons. The van der Waals surface area contributed by atoms with Crippen molar-refractivity contribution in [3.63, 3.8) is 0 Å². The average Bonchev–Trinajstić information content (AvgIpc) is 2.16. The number of rotatable bonds is 1.